The highest BCUT2D eigenvalue weighted by Crippen LogP contribution is 2.34. The highest BCUT2D eigenvalue weighted by Gasteiger charge is 2.14. The molecule has 208 valence electrons. The lowest BCUT2D eigenvalue weighted by atomic mass is 10.2. The maximum Gasteiger partial charge on any atom is 0.508 e. The highest BCUT2D eigenvalue weighted by atomic mass is 35.5. The van der Waals surface area contributed by atoms with Crippen LogP contribution in [0, 0.1) is 0 Å². The number of ether oxygens (including phenoxy) is 4. The molecule has 0 unspecified atom stereocenters. The van der Waals surface area contributed by atoms with Gasteiger partial charge in [-0.15, -0.1) is 10.2 Å². The summed E-state index contributed by atoms with van der Waals surface area (Å²) in [5.41, 5.74) is 2.20. The zero-order valence-electron chi connectivity index (χ0n) is 21.6. The number of nitrogens with one attached hydrogen (secondary N) is 1. The fraction of sp³-hybridized carbons (Fsp3) is 0.360. The third kappa shape index (κ3) is 9.37. The fourth-order valence-electron chi connectivity index (χ4n) is 3.29. The van der Waals surface area contributed by atoms with Gasteiger partial charge in [-0.2, -0.15) is 0 Å². The Morgan fingerprint density at radius 2 is 1.62 bits per heavy atom. The second kappa shape index (κ2) is 14.8. The molecule has 0 bridgehead atoms. The minimum absolute atomic E-state index is 0.0107. The van der Waals surface area contributed by atoms with Crippen LogP contribution in [0.25, 0.3) is 10.2 Å². The largest absolute Gasteiger partial charge is 0.508 e. The Balaban J connectivity index is 1.81. The number of rotatable bonds is 12. The molecular formula is C25H28ClN5O7S. The van der Waals surface area contributed by atoms with E-state index in [2.05, 4.69) is 20.5 Å². The van der Waals surface area contributed by atoms with Crippen LogP contribution in [0.1, 0.15) is 20.8 Å². The van der Waals surface area contributed by atoms with Gasteiger partial charge in [-0.25, -0.2) is 14.6 Å². The molecule has 2 aromatic carbocycles. The molecule has 1 aromatic heterocycles. The summed E-state index contributed by atoms with van der Waals surface area (Å²) in [5, 5.41) is 12.3. The van der Waals surface area contributed by atoms with Crippen molar-refractivity contribution in [1.82, 2.24) is 4.98 Å². The van der Waals surface area contributed by atoms with Crippen molar-refractivity contribution in [2.24, 2.45) is 10.2 Å². The smallest absolute Gasteiger partial charge is 0.435 e. The first-order valence-corrected chi connectivity index (χ1v) is 13.2. The first-order valence-electron chi connectivity index (χ1n) is 12.0. The molecule has 0 saturated carbocycles. The number of fused-ring (bicyclic) bond motifs is 1. The molecule has 39 heavy (non-hydrogen) atoms. The van der Waals surface area contributed by atoms with E-state index >= 15 is 0 Å². The Hall–Kier alpha value is -3.97. The molecule has 12 nitrogen and oxygen atoms in total. The molecule has 0 fully saturated rings. The van der Waals surface area contributed by atoms with E-state index in [0.717, 1.165) is 10.2 Å². The van der Waals surface area contributed by atoms with Gasteiger partial charge in [-0.3, -0.25) is 4.79 Å². The fourth-order valence-corrected chi connectivity index (χ4v) is 4.35. The Morgan fingerprint density at radius 3 is 2.23 bits per heavy atom. The normalized spacial score (nSPS) is 10.9. The van der Waals surface area contributed by atoms with Crippen LogP contribution in [0.5, 0.6) is 0 Å². The van der Waals surface area contributed by atoms with Crippen molar-refractivity contribution in [2.75, 3.05) is 49.7 Å². The van der Waals surface area contributed by atoms with Crippen LogP contribution >= 0.6 is 22.9 Å². The molecule has 3 aromatic rings. The zero-order chi connectivity index (χ0) is 28.2. The van der Waals surface area contributed by atoms with Crippen molar-refractivity contribution in [3.63, 3.8) is 0 Å². The molecule has 1 heterocycles. The number of azo groups is 1. The molecule has 0 atom stereocenters. The van der Waals surface area contributed by atoms with Crippen molar-refractivity contribution in [3.05, 3.63) is 41.4 Å². The first-order chi connectivity index (χ1) is 18.8. The summed E-state index contributed by atoms with van der Waals surface area (Å²) in [4.78, 5) is 41.3. The van der Waals surface area contributed by atoms with E-state index in [-0.39, 0.29) is 45.4 Å². The van der Waals surface area contributed by atoms with Crippen LogP contribution in [-0.4, -0.2) is 62.7 Å². The lowest BCUT2D eigenvalue weighted by molar-refractivity contribution is -0.114. The zero-order valence-corrected chi connectivity index (χ0v) is 23.2. The molecule has 0 spiro atoms. The summed E-state index contributed by atoms with van der Waals surface area (Å²) in [5.74, 6) is -0.305. The standard InChI is InChI=1S/C25H28ClN5O7S/c1-4-35-24(33)37-12-10-31(11-13-38-25(34)36-5-2)18-7-9-19(21(15-18)27-16(3)32)29-30-23-28-20-8-6-17(26)14-22(20)39-23/h6-9,14-15H,4-5,10-13H2,1-3H3,(H,27,32). The van der Waals surface area contributed by atoms with Crippen molar-refractivity contribution in [3.8, 4) is 0 Å². The molecule has 1 N–H and O–H groups in total. The van der Waals surface area contributed by atoms with Gasteiger partial charge in [-0.05, 0) is 50.2 Å². The van der Waals surface area contributed by atoms with Crippen molar-refractivity contribution in [1.29, 1.82) is 0 Å². The quantitative estimate of drug-likeness (QED) is 0.189. The van der Waals surface area contributed by atoms with Gasteiger partial charge in [0.25, 0.3) is 0 Å². The number of carbonyl (C=O) groups excluding carboxylic acids is 3. The number of hydrogen-bond donors (Lipinski definition) is 1. The number of hydrogen-bond acceptors (Lipinski definition) is 12. The van der Waals surface area contributed by atoms with Crippen molar-refractivity contribution in [2.45, 2.75) is 20.8 Å². The third-order valence-corrected chi connectivity index (χ3v) is 6.06. The van der Waals surface area contributed by atoms with Crippen LogP contribution < -0.4 is 10.2 Å². The molecule has 0 saturated heterocycles. The van der Waals surface area contributed by atoms with Gasteiger partial charge in [0.05, 0.1) is 42.2 Å². The minimum Gasteiger partial charge on any atom is -0.435 e. The molecule has 0 aliphatic heterocycles. The number of aromatic nitrogens is 1. The van der Waals surface area contributed by atoms with Gasteiger partial charge in [0.15, 0.2) is 0 Å². The van der Waals surface area contributed by atoms with Crippen LogP contribution in [0.15, 0.2) is 46.6 Å². The van der Waals surface area contributed by atoms with E-state index in [1.807, 2.05) is 4.90 Å². The number of halogens is 1. The lowest BCUT2D eigenvalue weighted by Gasteiger charge is -2.25. The minimum atomic E-state index is -0.785. The number of carbonyl (C=O) groups is 3. The predicted molar refractivity (Wildman–Crippen MR) is 148 cm³/mol. The Labute approximate surface area is 233 Å². The molecule has 0 radical (unpaired) electrons. The number of amides is 1. The van der Waals surface area contributed by atoms with Crippen LogP contribution in [0.3, 0.4) is 0 Å². The maximum atomic E-state index is 11.9. The Bertz CT molecular complexity index is 1310. The van der Waals surface area contributed by atoms with Gasteiger partial charge in [0, 0.05) is 17.6 Å². The Morgan fingerprint density at radius 1 is 0.949 bits per heavy atom. The van der Waals surface area contributed by atoms with Crippen LogP contribution in [-0.2, 0) is 23.7 Å². The van der Waals surface area contributed by atoms with Gasteiger partial charge < -0.3 is 29.2 Å². The highest BCUT2D eigenvalue weighted by molar-refractivity contribution is 7.21. The molecule has 0 aliphatic carbocycles. The van der Waals surface area contributed by atoms with Gasteiger partial charge in [0.1, 0.15) is 18.9 Å². The molecule has 0 aliphatic rings. The van der Waals surface area contributed by atoms with Crippen LogP contribution in [0.4, 0.5) is 31.8 Å². The summed E-state index contributed by atoms with van der Waals surface area (Å²) in [6, 6.07) is 10.5. The molecule has 1 amide bonds. The second-order valence-electron chi connectivity index (χ2n) is 7.74. The molecule has 3 rings (SSSR count). The van der Waals surface area contributed by atoms with E-state index in [1.165, 1.54) is 18.3 Å². The average Bonchev–Trinajstić information content (AvgIpc) is 3.29. The monoisotopic (exact) mass is 577 g/mol. The Kier molecular flexibility index (Phi) is 11.3. The summed E-state index contributed by atoms with van der Waals surface area (Å²) < 4.78 is 20.6. The van der Waals surface area contributed by atoms with Crippen LogP contribution in [0.2, 0.25) is 5.02 Å². The summed E-state index contributed by atoms with van der Waals surface area (Å²) in [6.07, 6.45) is -1.57. The first kappa shape index (κ1) is 29.6. The maximum absolute atomic E-state index is 11.9. The van der Waals surface area contributed by atoms with Gasteiger partial charge in [-0.1, -0.05) is 22.9 Å². The average molecular weight is 578 g/mol. The van der Waals surface area contributed by atoms with Gasteiger partial charge in [0.2, 0.25) is 11.0 Å². The topological polar surface area (TPSA) is 141 Å². The number of benzene rings is 2. The van der Waals surface area contributed by atoms with E-state index in [4.69, 9.17) is 30.5 Å². The SMILES string of the molecule is CCOC(=O)OCCN(CCOC(=O)OCC)c1ccc(N=Nc2nc3ccc(Cl)cc3s2)c(NC(C)=O)c1. The summed E-state index contributed by atoms with van der Waals surface area (Å²) in [6.45, 7) is 5.63. The van der Waals surface area contributed by atoms with Gasteiger partial charge >= 0.3 is 12.3 Å². The third-order valence-electron chi connectivity index (χ3n) is 4.93. The van der Waals surface area contributed by atoms with Crippen molar-refractivity contribution < 1.29 is 33.3 Å². The molecule has 14 heteroatoms. The summed E-state index contributed by atoms with van der Waals surface area (Å²) in [7, 11) is 0. The van der Waals surface area contributed by atoms with Crippen molar-refractivity contribution >= 4 is 73.6 Å². The van der Waals surface area contributed by atoms with E-state index < -0.39 is 12.3 Å². The van der Waals surface area contributed by atoms with E-state index in [0.29, 0.717) is 27.2 Å². The number of anilines is 2. The lowest BCUT2D eigenvalue weighted by Crippen LogP contribution is -2.32. The summed E-state index contributed by atoms with van der Waals surface area (Å²) >= 11 is 7.39. The second-order valence-corrected chi connectivity index (χ2v) is 9.19. The van der Waals surface area contributed by atoms with E-state index in [1.54, 1.807) is 50.2 Å². The number of nitrogens with zero attached hydrogens (tertiary/aromatic N) is 4. The van der Waals surface area contributed by atoms with E-state index in [9.17, 15) is 14.4 Å². The number of thiazole rings is 1. The molecular weight excluding hydrogens is 550 g/mol. The predicted octanol–water partition coefficient (Wildman–Crippen LogP) is 6.48.